The molecule has 9 heteroatoms. The average Bonchev–Trinajstić information content (AvgIpc) is 3.18. The Kier molecular flexibility index (Phi) is 7.22. The lowest BCUT2D eigenvalue weighted by Crippen LogP contribution is -2.57. The summed E-state index contributed by atoms with van der Waals surface area (Å²) in [5.41, 5.74) is 3.85. The van der Waals surface area contributed by atoms with Crippen molar-refractivity contribution < 1.29 is 18.0 Å². The third-order valence-electron chi connectivity index (χ3n) is 7.92. The molecule has 2 aliphatic heterocycles. The van der Waals surface area contributed by atoms with E-state index in [0.29, 0.717) is 18.5 Å². The van der Waals surface area contributed by atoms with E-state index in [1.165, 1.54) is 4.31 Å². The molecule has 0 radical (unpaired) electrons. The van der Waals surface area contributed by atoms with Gasteiger partial charge in [0.05, 0.1) is 11.6 Å². The molecule has 204 valence electrons. The van der Waals surface area contributed by atoms with Crippen molar-refractivity contribution in [3.8, 4) is 0 Å². The first kappa shape index (κ1) is 26.9. The number of anilines is 2. The van der Waals surface area contributed by atoms with Crippen LogP contribution in [0.15, 0.2) is 77.7 Å². The van der Waals surface area contributed by atoms with Gasteiger partial charge in [0.2, 0.25) is 21.8 Å². The van der Waals surface area contributed by atoms with Gasteiger partial charge in [-0.15, -0.1) is 0 Å². The summed E-state index contributed by atoms with van der Waals surface area (Å²) in [7, 11) is -3.67. The predicted octanol–water partition coefficient (Wildman–Crippen LogP) is 4.08. The number of nitrogens with one attached hydrogen (secondary N) is 1. The van der Waals surface area contributed by atoms with Crippen molar-refractivity contribution in [1.82, 2.24) is 9.21 Å². The number of rotatable bonds is 6. The van der Waals surface area contributed by atoms with Crippen molar-refractivity contribution in [2.24, 2.45) is 0 Å². The maximum atomic E-state index is 14.0. The van der Waals surface area contributed by atoms with Crippen molar-refractivity contribution in [1.29, 1.82) is 0 Å². The summed E-state index contributed by atoms with van der Waals surface area (Å²) >= 11 is 0. The van der Waals surface area contributed by atoms with Gasteiger partial charge in [0, 0.05) is 24.5 Å². The van der Waals surface area contributed by atoms with Crippen LogP contribution in [0, 0.1) is 20.8 Å². The summed E-state index contributed by atoms with van der Waals surface area (Å²) in [5, 5.41) is 2.91. The second-order valence-corrected chi connectivity index (χ2v) is 12.4. The molecule has 0 bridgehead atoms. The van der Waals surface area contributed by atoms with E-state index in [2.05, 4.69) is 5.32 Å². The molecule has 2 aliphatic rings. The van der Waals surface area contributed by atoms with Crippen molar-refractivity contribution in [2.75, 3.05) is 36.5 Å². The number of benzene rings is 3. The van der Waals surface area contributed by atoms with E-state index < -0.39 is 15.6 Å². The summed E-state index contributed by atoms with van der Waals surface area (Å²) in [6, 6.07) is 22.2. The molecule has 3 aromatic rings. The third-order valence-corrected chi connectivity index (χ3v) is 9.83. The maximum Gasteiger partial charge on any atom is 0.250 e. The van der Waals surface area contributed by atoms with Gasteiger partial charge < -0.3 is 15.1 Å². The zero-order chi connectivity index (χ0) is 27.8. The second-order valence-electron chi connectivity index (χ2n) is 10.5. The van der Waals surface area contributed by atoms with Crippen LogP contribution in [0.2, 0.25) is 0 Å². The van der Waals surface area contributed by atoms with E-state index in [1.807, 2.05) is 74.2 Å². The van der Waals surface area contributed by atoms with Crippen LogP contribution in [0.3, 0.4) is 0 Å². The summed E-state index contributed by atoms with van der Waals surface area (Å²) in [5.74, 6) is -0.412. The average molecular weight is 547 g/mol. The second kappa shape index (κ2) is 10.5. The molecule has 2 amide bonds. The Balaban J connectivity index is 1.36. The van der Waals surface area contributed by atoms with E-state index in [9.17, 15) is 18.0 Å². The molecule has 0 atom stereocenters. The topological polar surface area (TPSA) is 90.0 Å². The van der Waals surface area contributed by atoms with Gasteiger partial charge >= 0.3 is 0 Å². The van der Waals surface area contributed by atoms with Gasteiger partial charge in [-0.2, -0.15) is 4.31 Å². The van der Waals surface area contributed by atoms with Gasteiger partial charge in [0.15, 0.2) is 0 Å². The number of amides is 2. The van der Waals surface area contributed by atoms with Gasteiger partial charge in [-0.1, -0.05) is 42.0 Å². The standard InChI is InChI=1S/C30H34N4O4S/c1-22-9-13-27(14-10-22)39(37,38)33-17-15-30(16-18-33)29(36)32(21-34(30)26-7-5-4-6-8-26)20-28(35)31-25-12-11-23(2)24(3)19-25/h4-14,19H,15-18,20-21H2,1-3H3,(H,31,35). The highest BCUT2D eigenvalue weighted by Gasteiger charge is 2.55. The molecule has 1 N–H and O–H groups in total. The summed E-state index contributed by atoms with van der Waals surface area (Å²) < 4.78 is 28.1. The maximum absolute atomic E-state index is 14.0. The van der Waals surface area contributed by atoms with Gasteiger partial charge in [-0.25, -0.2) is 8.42 Å². The van der Waals surface area contributed by atoms with Gasteiger partial charge in [0.25, 0.3) is 0 Å². The number of aryl methyl sites for hydroxylation is 3. The largest absolute Gasteiger partial charge is 0.339 e. The van der Waals surface area contributed by atoms with E-state index in [-0.39, 0.29) is 43.0 Å². The number of hydrogen-bond donors (Lipinski definition) is 1. The molecule has 0 unspecified atom stereocenters. The molecule has 0 saturated carbocycles. The highest BCUT2D eigenvalue weighted by Crippen LogP contribution is 2.40. The first-order valence-corrected chi connectivity index (χ1v) is 14.6. The zero-order valence-electron chi connectivity index (χ0n) is 22.6. The first-order valence-electron chi connectivity index (χ1n) is 13.2. The minimum atomic E-state index is -3.67. The van der Waals surface area contributed by atoms with Crippen LogP contribution in [0.5, 0.6) is 0 Å². The number of hydrogen-bond acceptors (Lipinski definition) is 5. The van der Waals surface area contributed by atoms with E-state index in [4.69, 9.17) is 0 Å². The molecule has 1 spiro atoms. The number of sulfonamides is 1. The number of carbonyl (C=O) groups excluding carboxylic acids is 2. The highest BCUT2D eigenvalue weighted by atomic mass is 32.2. The normalized spacial score (nSPS) is 17.6. The van der Waals surface area contributed by atoms with Gasteiger partial charge in [0.1, 0.15) is 12.1 Å². The fourth-order valence-corrected chi connectivity index (χ4v) is 6.91. The van der Waals surface area contributed by atoms with Crippen LogP contribution in [0.25, 0.3) is 0 Å². The molecule has 2 heterocycles. The lowest BCUT2D eigenvalue weighted by atomic mass is 9.86. The first-order chi connectivity index (χ1) is 18.6. The Morgan fingerprint density at radius 3 is 2.21 bits per heavy atom. The Hall–Kier alpha value is -3.69. The molecule has 0 aromatic heterocycles. The smallest absolute Gasteiger partial charge is 0.250 e. The van der Waals surface area contributed by atoms with E-state index in [1.54, 1.807) is 29.2 Å². The van der Waals surface area contributed by atoms with Crippen LogP contribution in [0.1, 0.15) is 29.5 Å². The molecular weight excluding hydrogens is 512 g/mol. The number of para-hydroxylation sites is 1. The summed E-state index contributed by atoms with van der Waals surface area (Å²) in [6.45, 7) is 6.53. The van der Waals surface area contributed by atoms with Crippen molar-refractivity contribution in [3.05, 3.63) is 89.5 Å². The zero-order valence-corrected chi connectivity index (χ0v) is 23.4. The van der Waals surface area contributed by atoms with Crippen molar-refractivity contribution in [3.63, 3.8) is 0 Å². The molecule has 5 rings (SSSR count). The molecule has 39 heavy (non-hydrogen) atoms. The molecule has 2 fully saturated rings. The van der Waals surface area contributed by atoms with Crippen LogP contribution >= 0.6 is 0 Å². The lowest BCUT2D eigenvalue weighted by Gasteiger charge is -2.42. The molecule has 0 aliphatic carbocycles. The Morgan fingerprint density at radius 1 is 0.897 bits per heavy atom. The van der Waals surface area contributed by atoms with Crippen molar-refractivity contribution >= 4 is 33.2 Å². The number of carbonyl (C=O) groups is 2. The fourth-order valence-electron chi connectivity index (χ4n) is 5.47. The van der Waals surface area contributed by atoms with Crippen LogP contribution < -0.4 is 10.2 Å². The third kappa shape index (κ3) is 5.16. The molecule has 2 saturated heterocycles. The van der Waals surface area contributed by atoms with Gasteiger partial charge in [-0.3, -0.25) is 9.59 Å². The SMILES string of the molecule is Cc1ccc(S(=O)(=O)N2CCC3(CC2)C(=O)N(CC(=O)Nc2ccc(C)c(C)c2)CN3c2ccccc2)cc1. The van der Waals surface area contributed by atoms with Crippen LogP contribution in [-0.2, 0) is 19.6 Å². The van der Waals surface area contributed by atoms with Crippen molar-refractivity contribution in [2.45, 2.75) is 44.0 Å². The summed E-state index contributed by atoms with van der Waals surface area (Å²) in [6.07, 6.45) is 0.669. The van der Waals surface area contributed by atoms with E-state index >= 15 is 0 Å². The molecule has 8 nitrogen and oxygen atoms in total. The van der Waals surface area contributed by atoms with Crippen LogP contribution in [0.4, 0.5) is 11.4 Å². The summed E-state index contributed by atoms with van der Waals surface area (Å²) in [4.78, 5) is 30.8. The number of piperidine rings is 1. The van der Waals surface area contributed by atoms with Gasteiger partial charge in [-0.05, 0) is 81.1 Å². The van der Waals surface area contributed by atoms with Crippen LogP contribution in [-0.4, -0.2) is 61.3 Å². The number of nitrogens with zero attached hydrogens (tertiary/aromatic N) is 3. The minimum absolute atomic E-state index is 0.0811. The quantitative estimate of drug-likeness (QED) is 0.503. The lowest BCUT2D eigenvalue weighted by molar-refractivity contribution is -0.136. The molecular formula is C30H34N4O4S. The Morgan fingerprint density at radius 2 is 1.56 bits per heavy atom. The molecule has 3 aromatic carbocycles. The monoisotopic (exact) mass is 546 g/mol. The minimum Gasteiger partial charge on any atom is -0.339 e. The highest BCUT2D eigenvalue weighted by molar-refractivity contribution is 7.89. The predicted molar refractivity (Wildman–Crippen MR) is 152 cm³/mol. The van der Waals surface area contributed by atoms with E-state index in [0.717, 1.165) is 22.4 Å². The Bertz CT molecular complexity index is 1480. The fraction of sp³-hybridized carbons (Fsp3) is 0.333. The Labute approximate surface area is 230 Å².